The summed E-state index contributed by atoms with van der Waals surface area (Å²) in [6, 6.07) is 3.74. The molecule has 1 aliphatic carbocycles. The number of fused-ring (bicyclic) bond motifs is 1. The first-order chi connectivity index (χ1) is 7.55. The van der Waals surface area contributed by atoms with E-state index in [4.69, 9.17) is 0 Å². The zero-order chi connectivity index (χ0) is 11.3. The second kappa shape index (κ2) is 4.70. The molecule has 7 heteroatoms. The van der Waals surface area contributed by atoms with Crippen LogP contribution in [0.1, 0.15) is 24.5 Å². The molecule has 1 fully saturated rings. The van der Waals surface area contributed by atoms with Crippen molar-refractivity contribution in [2.75, 3.05) is 0 Å². The van der Waals surface area contributed by atoms with E-state index < -0.39 is 12.4 Å². The van der Waals surface area contributed by atoms with Crippen LogP contribution < -0.4 is 56.8 Å². The molecule has 0 radical (unpaired) electrons. The number of rotatable bonds is 2. The van der Waals surface area contributed by atoms with Crippen LogP contribution in [0.2, 0.25) is 0 Å². The Morgan fingerprint density at radius 2 is 1.94 bits per heavy atom. The van der Waals surface area contributed by atoms with Crippen molar-refractivity contribution < 1.29 is 64.3 Å². The van der Waals surface area contributed by atoms with E-state index in [9.17, 15) is 12.9 Å². The third-order valence-corrected chi connectivity index (χ3v) is 2.97. The number of nitrogens with zero attached hydrogens (tertiary/aromatic N) is 1. The predicted octanol–water partition coefficient (Wildman–Crippen LogP) is -0.501. The molecular formula is C10H9BF3KN2. The maximum Gasteiger partial charge on any atom is 1.00 e. The molecule has 2 aromatic rings. The van der Waals surface area contributed by atoms with Gasteiger partial charge in [-0.25, -0.2) is 0 Å². The normalized spacial score (nSPS) is 15.9. The summed E-state index contributed by atoms with van der Waals surface area (Å²) in [5.74, 6) is 0.376. The van der Waals surface area contributed by atoms with Crippen LogP contribution in [-0.4, -0.2) is 17.2 Å². The third-order valence-electron chi connectivity index (χ3n) is 2.97. The van der Waals surface area contributed by atoms with Gasteiger partial charge < -0.3 is 12.9 Å². The minimum atomic E-state index is -4.92. The van der Waals surface area contributed by atoms with Gasteiger partial charge in [-0.1, -0.05) is 12.1 Å². The van der Waals surface area contributed by atoms with Crippen molar-refractivity contribution >= 4 is 23.3 Å². The van der Waals surface area contributed by atoms with E-state index in [-0.39, 0.29) is 51.4 Å². The van der Waals surface area contributed by atoms with Gasteiger partial charge in [0.2, 0.25) is 0 Å². The Morgan fingerprint density at radius 3 is 2.53 bits per heavy atom. The first-order valence-electron chi connectivity index (χ1n) is 5.23. The fourth-order valence-electron chi connectivity index (χ4n) is 1.93. The number of H-pyrrole nitrogens is 1. The molecule has 84 valence electrons. The van der Waals surface area contributed by atoms with Gasteiger partial charge in [-0.15, -0.1) is 5.46 Å². The number of halogens is 3. The Hall–Kier alpha value is 0.181. The summed E-state index contributed by atoms with van der Waals surface area (Å²) in [5.41, 5.74) is 0.929. The Labute approximate surface area is 139 Å². The van der Waals surface area contributed by atoms with Crippen molar-refractivity contribution in [3.8, 4) is 0 Å². The summed E-state index contributed by atoms with van der Waals surface area (Å²) in [4.78, 5) is 0. The van der Waals surface area contributed by atoms with Gasteiger partial charge in [0.25, 0.3) is 0 Å². The van der Waals surface area contributed by atoms with Crippen molar-refractivity contribution in [1.82, 2.24) is 10.2 Å². The van der Waals surface area contributed by atoms with Gasteiger partial charge in [-0.3, -0.25) is 5.10 Å². The van der Waals surface area contributed by atoms with Gasteiger partial charge >= 0.3 is 58.4 Å². The van der Waals surface area contributed by atoms with Crippen molar-refractivity contribution in [2.45, 2.75) is 18.8 Å². The fourth-order valence-corrected chi connectivity index (χ4v) is 1.93. The number of hydrogen-bond donors (Lipinski definition) is 1. The first kappa shape index (κ1) is 13.6. The van der Waals surface area contributed by atoms with Gasteiger partial charge in [-0.05, 0) is 18.9 Å². The molecule has 0 atom stereocenters. The van der Waals surface area contributed by atoms with Gasteiger partial charge in [0.05, 0.1) is 5.52 Å². The zero-order valence-electron chi connectivity index (χ0n) is 9.38. The number of aromatic amines is 1. The second-order valence-corrected chi connectivity index (χ2v) is 4.26. The van der Waals surface area contributed by atoms with Crippen LogP contribution in [0.25, 0.3) is 10.9 Å². The van der Waals surface area contributed by atoms with E-state index in [0.29, 0.717) is 16.8 Å². The van der Waals surface area contributed by atoms with Crippen molar-refractivity contribution in [1.29, 1.82) is 0 Å². The summed E-state index contributed by atoms with van der Waals surface area (Å²) in [7, 11) is 0. The molecule has 1 heterocycles. The third kappa shape index (κ3) is 2.63. The Balaban J connectivity index is 0.00000108. The van der Waals surface area contributed by atoms with Gasteiger partial charge in [0.15, 0.2) is 0 Å². The maximum atomic E-state index is 12.6. The number of aromatic nitrogens is 2. The maximum absolute atomic E-state index is 12.6. The Kier molecular flexibility index (Phi) is 3.76. The van der Waals surface area contributed by atoms with Gasteiger partial charge in [-0.2, -0.15) is 5.10 Å². The molecular weight excluding hydrogens is 255 g/mol. The molecule has 0 spiro atoms. The molecule has 0 saturated heterocycles. The average molecular weight is 264 g/mol. The van der Waals surface area contributed by atoms with Crippen LogP contribution >= 0.6 is 0 Å². The van der Waals surface area contributed by atoms with Crippen LogP contribution in [0.15, 0.2) is 18.2 Å². The van der Waals surface area contributed by atoms with E-state index in [0.717, 1.165) is 24.6 Å². The van der Waals surface area contributed by atoms with Crippen LogP contribution in [-0.2, 0) is 0 Å². The first-order valence-corrected chi connectivity index (χ1v) is 5.23. The number of nitrogens with one attached hydrogen (secondary N) is 1. The molecule has 2 nitrogen and oxygen atoms in total. The monoisotopic (exact) mass is 264 g/mol. The smallest absolute Gasteiger partial charge is 0.445 e. The zero-order valence-corrected chi connectivity index (χ0v) is 12.5. The second-order valence-electron chi connectivity index (χ2n) is 4.26. The van der Waals surface area contributed by atoms with E-state index in [1.165, 1.54) is 12.1 Å². The van der Waals surface area contributed by atoms with Gasteiger partial charge in [0.1, 0.15) is 0 Å². The summed E-state index contributed by atoms with van der Waals surface area (Å²) in [6.07, 6.45) is 2.08. The SMILES string of the molecule is F[B-](F)(F)c1ccc2n[nH]c(C3CC3)c2c1.[K+]. The predicted molar refractivity (Wildman–Crippen MR) is 56.8 cm³/mol. The van der Waals surface area contributed by atoms with E-state index in [2.05, 4.69) is 10.2 Å². The van der Waals surface area contributed by atoms with Crippen LogP contribution in [0.5, 0.6) is 0 Å². The Bertz CT molecular complexity index is 548. The number of benzene rings is 1. The fraction of sp³-hybridized carbons (Fsp3) is 0.300. The van der Waals surface area contributed by atoms with Crippen molar-refractivity contribution in [3.63, 3.8) is 0 Å². The molecule has 17 heavy (non-hydrogen) atoms. The van der Waals surface area contributed by atoms with Crippen LogP contribution in [0.4, 0.5) is 12.9 Å². The molecule has 1 saturated carbocycles. The van der Waals surface area contributed by atoms with E-state index >= 15 is 0 Å². The largest absolute Gasteiger partial charge is 1.00 e. The summed E-state index contributed by atoms with van der Waals surface area (Å²) in [6.45, 7) is -4.92. The molecule has 1 aromatic heterocycles. The van der Waals surface area contributed by atoms with Gasteiger partial charge in [0, 0.05) is 17.0 Å². The number of hydrogen-bond acceptors (Lipinski definition) is 1. The molecule has 0 aliphatic heterocycles. The molecule has 3 rings (SSSR count). The molecule has 0 bridgehead atoms. The minimum absolute atomic E-state index is 0. The minimum Gasteiger partial charge on any atom is -0.445 e. The Morgan fingerprint density at radius 1 is 1.24 bits per heavy atom. The van der Waals surface area contributed by atoms with Crippen molar-refractivity contribution in [2.24, 2.45) is 0 Å². The quantitative estimate of drug-likeness (QED) is 0.728. The van der Waals surface area contributed by atoms with E-state index in [1.54, 1.807) is 0 Å². The molecule has 0 unspecified atom stereocenters. The molecule has 1 aliphatic rings. The van der Waals surface area contributed by atoms with Crippen molar-refractivity contribution in [3.05, 3.63) is 23.9 Å². The summed E-state index contributed by atoms with van der Waals surface area (Å²) < 4.78 is 37.8. The standard InChI is InChI=1S/C10H9BF3N2.K/c12-11(13,14)7-3-4-9-8(5-7)10(16-15-9)6-1-2-6;/h3-6H,1-2H2,(H,15,16);/q-1;+1. The molecule has 1 aromatic carbocycles. The summed E-state index contributed by atoms with van der Waals surface area (Å²) in [5, 5.41) is 7.49. The van der Waals surface area contributed by atoms with Crippen LogP contribution in [0.3, 0.4) is 0 Å². The molecule has 1 N–H and O–H groups in total. The summed E-state index contributed by atoms with van der Waals surface area (Å²) >= 11 is 0. The topological polar surface area (TPSA) is 28.7 Å². The van der Waals surface area contributed by atoms with E-state index in [1.807, 2.05) is 0 Å². The average Bonchev–Trinajstić information content (AvgIpc) is 2.96. The molecule has 0 amide bonds. The van der Waals surface area contributed by atoms with Crippen LogP contribution in [0, 0.1) is 0 Å².